The molecule has 0 amide bonds. The van der Waals surface area contributed by atoms with Crippen LogP contribution >= 0.6 is 0 Å². The van der Waals surface area contributed by atoms with Crippen LogP contribution in [-0.4, -0.2) is 44.0 Å². The summed E-state index contributed by atoms with van der Waals surface area (Å²) in [5.74, 6) is 0. The van der Waals surface area contributed by atoms with Crippen molar-refractivity contribution in [3.63, 3.8) is 0 Å². The van der Waals surface area contributed by atoms with E-state index in [1.807, 2.05) is 4.90 Å². The molecule has 1 aliphatic rings. The van der Waals surface area contributed by atoms with Gasteiger partial charge in [-0.1, -0.05) is 0 Å². The van der Waals surface area contributed by atoms with Gasteiger partial charge in [-0.15, -0.1) is 13.1 Å². The van der Waals surface area contributed by atoms with E-state index in [9.17, 15) is 8.78 Å². The first-order chi connectivity index (χ1) is 5.29. The van der Waals surface area contributed by atoms with Crippen LogP contribution in [0.4, 0.5) is 8.78 Å². The fourth-order valence-corrected chi connectivity index (χ4v) is 1.15. The van der Waals surface area contributed by atoms with Crippen molar-refractivity contribution in [1.29, 1.82) is 0 Å². The van der Waals surface area contributed by atoms with Crippen LogP contribution in [0.1, 0.15) is 6.42 Å². The first-order valence-electron chi connectivity index (χ1n) is 3.93. The van der Waals surface area contributed by atoms with E-state index in [1.54, 1.807) is 0 Å². The Morgan fingerprint density at radius 2 is 1.83 bits per heavy atom. The van der Waals surface area contributed by atoms with Gasteiger partial charge in [-0.2, -0.15) is 0 Å². The van der Waals surface area contributed by atoms with E-state index in [-0.39, 0.29) is 39.1 Å². The Labute approximate surface area is 96.9 Å². The van der Waals surface area contributed by atoms with Crippen molar-refractivity contribution in [3.05, 3.63) is 5.32 Å². The van der Waals surface area contributed by atoms with Gasteiger partial charge in [0.25, 0.3) is 0 Å². The van der Waals surface area contributed by atoms with Crippen molar-refractivity contribution in [2.24, 2.45) is 0 Å². The number of nitrogens with zero attached hydrogens (tertiary/aromatic N) is 2. The van der Waals surface area contributed by atoms with E-state index < -0.39 is 6.43 Å². The molecule has 0 unspecified atom stereocenters. The predicted octanol–water partition coefficient (Wildman–Crippen LogP) is 1.33. The molecule has 0 aromatic rings. The van der Waals surface area contributed by atoms with E-state index >= 15 is 0 Å². The van der Waals surface area contributed by atoms with Gasteiger partial charge in [0.15, 0.2) is 0 Å². The molecule has 1 saturated heterocycles. The number of hydrogen-bond donors (Lipinski definition) is 0. The van der Waals surface area contributed by atoms with Crippen molar-refractivity contribution < 1.29 is 41.5 Å². The molecule has 12 heavy (non-hydrogen) atoms. The van der Waals surface area contributed by atoms with E-state index in [0.717, 1.165) is 26.2 Å². The predicted molar refractivity (Wildman–Crippen MR) is 40.2 cm³/mol. The Bertz CT molecular complexity index is 108. The third-order valence-electron chi connectivity index (χ3n) is 1.81. The Kier molecular flexibility index (Phi) is 7.84. The average Bonchev–Trinajstić information content (AvgIpc) is 2.03. The number of rotatable bonds is 3. The molecule has 0 saturated carbocycles. The van der Waals surface area contributed by atoms with Crippen LogP contribution in [0.3, 0.4) is 0 Å². The quantitative estimate of drug-likeness (QED) is 0.740. The van der Waals surface area contributed by atoms with Crippen LogP contribution in [0.5, 0.6) is 0 Å². The summed E-state index contributed by atoms with van der Waals surface area (Å²) in [5, 5.41) is 4.13. The van der Waals surface area contributed by atoms with Crippen molar-refractivity contribution in [2.75, 3.05) is 32.7 Å². The number of hydrogen-bond acceptors (Lipinski definition) is 1. The molecule has 0 aromatic carbocycles. The average molecular weight is 252 g/mol. The summed E-state index contributed by atoms with van der Waals surface area (Å²) >= 11 is 0. The normalized spacial score (nSPS) is 19.2. The summed E-state index contributed by atoms with van der Waals surface area (Å²) in [6.45, 7) is 3.85. The molecular formula is C7H13F2N2Y-. The maximum Gasteiger partial charge on any atom is 0.239 e. The van der Waals surface area contributed by atoms with Gasteiger partial charge in [0.1, 0.15) is 0 Å². The van der Waals surface area contributed by atoms with Crippen LogP contribution in [0, 0.1) is 0 Å². The Morgan fingerprint density at radius 1 is 1.25 bits per heavy atom. The topological polar surface area (TPSA) is 17.3 Å². The van der Waals surface area contributed by atoms with E-state index in [0.29, 0.717) is 6.54 Å². The Balaban J connectivity index is 0.00000121. The van der Waals surface area contributed by atoms with Gasteiger partial charge in [-0.25, -0.2) is 8.78 Å². The first-order valence-corrected chi connectivity index (χ1v) is 3.93. The fraction of sp³-hybridized carbons (Fsp3) is 1.00. The monoisotopic (exact) mass is 252 g/mol. The molecule has 0 atom stereocenters. The molecule has 0 aromatic heterocycles. The van der Waals surface area contributed by atoms with Crippen molar-refractivity contribution in [1.82, 2.24) is 4.90 Å². The second-order valence-electron chi connectivity index (χ2n) is 2.69. The zero-order chi connectivity index (χ0) is 8.10. The second-order valence-corrected chi connectivity index (χ2v) is 2.69. The molecule has 1 aliphatic heterocycles. The van der Waals surface area contributed by atoms with Gasteiger partial charge >= 0.3 is 0 Å². The molecule has 0 bridgehead atoms. The zero-order valence-corrected chi connectivity index (χ0v) is 9.89. The number of halogens is 2. The molecule has 0 aliphatic carbocycles. The van der Waals surface area contributed by atoms with Crippen LogP contribution in [0.15, 0.2) is 0 Å². The summed E-state index contributed by atoms with van der Waals surface area (Å²) in [4.78, 5) is 2.04. The molecule has 5 heteroatoms. The molecule has 0 spiro atoms. The molecule has 1 heterocycles. The fourth-order valence-electron chi connectivity index (χ4n) is 1.15. The van der Waals surface area contributed by atoms with Gasteiger partial charge in [0.2, 0.25) is 6.43 Å². The van der Waals surface area contributed by atoms with E-state index in [2.05, 4.69) is 5.32 Å². The standard InChI is InChI=1S/C7H13F2N2.Y/c8-7(9)1-4-11-5-2-10-3-6-11;/h7H,1-6H2;/q-1;. The number of piperazine rings is 1. The summed E-state index contributed by atoms with van der Waals surface area (Å²) in [6, 6.07) is 0. The summed E-state index contributed by atoms with van der Waals surface area (Å²) in [6.07, 6.45) is -2.16. The summed E-state index contributed by atoms with van der Waals surface area (Å²) < 4.78 is 23.5. The van der Waals surface area contributed by atoms with Crippen molar-refractivity contribution in [3.8, 4) is 0 Å². The van der Waals surface area contributed by atoms with Gasteiger partial charge < -0.3 is 10.2 Å². The van der Waals surface area contributed by atoms with Crippen LogP contribution < -0.4 is 0 Å². The molecule has 1 fully saturated rings. The minimum absolute atomic E-state index is 0. The molecule has 1 rings (SSSR count). The van der Waals surface area contributed by atoms with Crippen LogP contribution in [0.2, 0.25) is 0 Å². The van der Waals surface area contributed by atoms with Crippen LogP contribution in [0.25, 0.3) is 5.32 Å². The summed E-state index contributed by atoms with van der Waals surface area (Å²) in [5.41, 5.74) is 0. The molecule has 2 nitrogen and oxygen atoms in total. The largest absolute Gasteiger partial charge is 0.660 e. The maximum atomic E-state index is 11.7. The van der Waals surface area contributed by atoms with Gasteiger partial charge in [0, 0.05) is 45.7 Å². The SMILES string of the molecule is FC(F)CCN1CC[N-]CC1.[Y]. The molecule has 1 radical (unpaired) electrons. The molecule has 69 valence electrons. The minimum Gasteiger partial charge on any atom is -0.660 e. The van der Waals surface area contributed by atoms with Crippen molar-refractivity contribution >= 4 is 0 Å². The van der Waals surface area contributed by atoms with E-state index in [4.69, 9.17) is 0 Å². The maximum absolute atomic E-state index is 11.7. The first kappa shape index (κ1) is 12.9. The van der Waals surface area contributed by atoms with E-state index in [1.165, 1.54) is 0 Å². The van der Waals surface area contributed by atoms with Crippen LogP contribution in [-0.2, 0) is 32.7 Å². The van der Waals surface area contributed by atoms with Gasteiger partial charge in [-0.3, -0.25) is 0 Å². The molecular weight excluding hydrogens is 239 g/mol. The zero-order valence-electron chi connectivity index (χ0n) is 7.05. The summed E-state index contributed by atoms with van der Waals surface area (Å²) in [7, 11) is 0. The number of alkyl halides is 2. The van der Waals surface area contributed by atoms with Gasteiger partial charge in [0.05, 0.1) is 0 Å². The molecule has 0 N–H and O–H groups in total. The van der Waals surface area contributed by atoms with Crippen molar-refractivity contribution in [2.45, 2.75) is 12.8 Å². The second kappa shape index (κ2) is 7.30. The Hall–Kier alpha value is 0.884. The minimum atomic E-state index is -2.16. The van der Waals surface area contributed by atoms with Gasteiger partial charge in [-0.05, 0) is 13.1 Å². The third kappa shape index (κ3) is 5.52. The third-order valence-corrected chi connectivity index (χ3v) is 1.81. The Morgan fingerprint density at radius 3 is 2.33 bits per heavy atom. The smallest absolute Gasteiger partial charge is 0.239 e.